The lowest BCUT2D eigenvalue weighted by Gasteiger charge is -2.06. The van der Waals surface area contributed by atoms with Gasteiger partial charge in [-0.2, -0.15) is 5.26 Å². The molecule has 1 heterocycles. The Hall–Kier alpha value is -1.64. The van der Waals surface area contributed by atoms with Crippen molar-refractivity contribution in [2.24, 2.45) is 0 Å². The summed E-state index contributed by atoms with van der Waals surface area (Å²) < 4.78 is 11.7. The molecule has 1 rings (SSSR count). The minimum Gasteiger partial charge on any atom is -0.382 e. The van der Waals surface area contributed by atoms with Gasteiger partial charge in [-0.1, -0.05) is 0 Å². The van der Waals surface area contributed by atoms with E-state index in [1.54, 1.807) is 19.4 Å². The molecule has 17 heavy (non-hydrogen) atoms. The number of methoxy groups -OCH3 is 1. The van der Waals surface area contributed by atoms with E-state index >= 15 is 0 Å². The summed E-state index contributed by atoms with van der Waals surface area (Å²) in [5.41, 5.74) is -0.0697. The maximum Gasteiger partial charge on any atom is 0.268 e. The van der Waals surface area contributed by atoms with Crippen LogP contribution in [-0.4, -0.2) is 31.5 Å². The summed E-state index contributed by atoms with van der Waals surface area (Å²) >= 11 is 0. The first kappa shape index (κ1) is 13.4. The fourth-order valence-corrected chi connectivity index (χ4v) is 1.38. The van der Waals surface area contributed by atoms with Gasteiger partial charge < -0.3 is 14.0 Å². The summed E-state index contributed by atoms with van der Waals surface area (Å²) in [5.74, 6) is 0. The van der Waals surface area contributed by atoms with Gasteiger partial charge in [0.15, 0.2) is 0 Å². The molecule has 0 fully saturated rings. The monoisotopic (exact) mass is 236 g/mol. The van der Waals surface area contributed by atoms with Gasteiger partial charge in [-0.15, -0.1) is 0 Å². The standard InChI is InChI=1S/C12H16N2O3/c1-16-8-9-17-7-3-6-14-5-2-4-11(10-13)12(14)15/h2,4-5H,3,6-9H2,1H3. The van der Waals surface area contributed by atoms with E-state index in [1.165, 1.54) is 10.6 Å². The molecule has 0 radical (unpaired) electrons. The first-order valence-corrected chi connectivity index (χ1v) is 5.46. The van der Waals surface area contributed by atoms with Gasteiger partial charge in [-0.05, 0) is 18.6 Å². The van der Waals surface area contributed by atoms with Crippen molar-refractivity contribution in [1.29, 1.82) is 5.26 Å². The Labute approximate surface area is 100 Å². The number of pyridine rings is 1. The highest BCUT2D eigenvalue weighted by Gasteiger charge is 2.01. The SMILES string of the molecule is COCCOCCCn1cccc(C#N)c1=O. The third-order valence-corrected chi connectivity index (χ3v) is 2.26. The van der Waals surface area contributed by atoms with Gasteiger partial charge in [0.2, 0.25) is 0 Å². The van der Waals surface area contributed by atoms with Gasteiger partial charge >= 0.3 is 0 Å². The van der Waals surface area contributed by atoms with E-state index < -0.39 is 0 Å². The van der Waals surface area contributed by atoms with E-state index in [4.69, 9.17) is 14.7 Å². The molecule has 5 heteroatoms. The highest BCUT2D eigenvalue weighted by Crippen LogP contribution is 1.92. The molecule has 0 bridgehead atoms. The Kier molecular flexibility index (Phi) is 6.00. The van der Waals surface area contributed by atoms with Crippen LogP contribution in [0.1, 0.15) is 12.0 Å². The van der Waals surface area contributed by atoms with Crippen molar-refractivity contribution in [1.82, 2.24) is 4.57 Å². The smallest absolute Gasteiger partial charge is 0.268 e. The molecule has 0 aliphatic carbocycles. The average molecular weight is 236 g/mol. The van der Waals surface area contributed by atoms with E-state index in [0.717, 1.165) is 6.42 Å². The zero-order chi connectivity index (χ0) is 12.5. The molecular formula is C12H16N2O3. The molecule has 0 aliphatic heterocycles. The van der Waals surface area contributed by atoms with Crippen molar-refractivity contribution in [2.75, 3.05) is 26.9 Å². The van der Waals surface area contributed by atoms with Gasteiger partial charge in [0.05, 0.1) is 13.2 Å². The predicted octanol–water partition coefficient (Wildman–Crippen LogP) is 0.773. The fraction of sp³-hybridized carbons (Fsp3) is 0.500. The summed E-state index contributed by atoms with van der Waals surface area (Å²) in [6.07, 6.45) is 2.41. The Morgan fingerprint density at radius 3 is 2.94 bits per heavy atom. The highest BCUT2D eigenvalue weighted by molar-refractivity contribution is 5.24. The molecule has 5 nitrogen and oxygen atoms in total. The molecule has 0 unspecified atom stereocenters. The number of ether oxygens (including phenoxy) is 2. The molecular weight excluding hydrogens is 220 g/mol. The molecule has 1 aromatic heterocycles. The quantitative estimate of drug-likeness (QED) is 0.656. The Morgan fingerprint density at radius 1 is 1.41 bits per heavy atom. The number of hydrogen-bond acceptors (Lipinski definition) is 4. The van der Waals surface area contributed by atoms with Crippen LogP contribution in [0.2, 0.25) is 0 Å². The molecule has 0 amide bonds. The summed E-state index contributed by atoms with van der Waals surface area (Å²) in [4.78, 5) is 11.6. The van der Waals surface area contributed by atoms with Crippen molar-refractivity contribution in [3.05, 3.63) is 34.2 Å². The normalized spacial score (nSPS) is 10.1. The van der Waals surface area contributed by atoms with Crippen molar-refractivity contribution in [3.63, 3.8) is 0 Å². The van der Waals surface area contributed by atoms with Crippen molar-refractivity contribution in [2.45, 2.75) is 13.0 Å². The second-order valence-electron chi connectivity index (χ2n) is 3.49. The lowest BCUT2D eigenvalue weighted by molar-refractivity contribution is 0.0679. The fourth-order valence-electron chi connectivity index (χ4n) is 1.38. The third-order valence-electron chi connectivity index (χ3n) is 2.26. The molecule has 0 saturated carbocycles. The second-order valence-corrected chi connectivity index (χ2v) is 3.49. The Balaban J connectivity index is 2.38. The van der Waals surface area contributed by atoms with E-state index in [9.17, 15) is 4.79 Å². The lowest BCUT2D eigenvalue weighted by Crippen LogP contribution is -2.22. The van der Waals surface area contributed by atoms with Gasteiger partial charge in [0, 0.05) is 26.5 Å². The number of rotatable bonds is 7. The number of aromatic nitrogens is 1. The van der Waals surface area contributed by atoms with Gasteiger partial charge in [0.25, 0.3) is 5.56 Å². The van der Waals surface area contributed by atoms with E-state index in [2.05, 4.69) is 0 Å². The Morgan fingerprint density at radius 2 is 2.24 bits per heavy atom. The number of nitriles is 1. The van der Waals surface area contributed by atoms with Crippen LogP contribution in [0, 0.1) is 11.3 Å². The average Bonchev–Trinajstić information content (AvgIpc) is 2.35. The van der Waals surface area contributed by atoms with Crippen LogP contribution in [0.25, 0.3) is 0 Å². The van der Waals surface area contributed by atoms with Gasteiger partial charge in [0.1, 0.15) is 11.6 Å². The van der Waals surface area contributed by atoms with Crippen LogP contribution in [0.5, 0.6) is 0 Å². The molecule has 1 aromatic rings. The number of hydrogen-bond donors (Lipinski definition) is 0. The van der Waals surface area contributed by atoms with Crippen molar-refractivity contribution in [3.8, 4) is 6.07 Å². The van der Waals surface area contributed by atoms with E-state index in [1.807, 2.05) is 6.07 Å². The largest absolute Gasteiger partial charge is 0.382 e. The molecule has 0 saturated heterocycles. The van der Waals surface area contributed by atoms with E-state index in [-0.39, 0.29) is 11.1 Å². The molecule has 0 atom stereocenters. The number of aryl methyl sites for hydroxylation is 1. The maximum absolute atomic E-state index is 11.6. The third kappa shape index (κ3) is 4.39. The summed E-state index contributed by atoms with van der Waals surface area (Å²) in [7, 11) is 1.62. The second kappa shape index (κ2) is 7.60. The summed E-state index contributed by atoms with van der Waals surface area (Å²) in [6, 6.07) is 5.09. The van der Waals surface area contributed by atoms with E-state index in [0.29, 0.717) is 26.4 Å². The maximum atomic E-state index is 11.6. The van der Waals surface area contributed by atoms with Crippen LogP contribution >= 0.6 is 0 Å². The zero-order valence-electron chi connectivity index (χ0n) is 9.89. The summed E-state index contributed by atoms with van der Waals surface area (Å²) in [5, 5.41) is 8.71. The van der Waals surface area contributed by atoms with Crippen LogP contribution in [-0.2, 0) is 16.0 Å². The van der Waals surface area contributed by atoms with Crippen LogP contribution in [0.15, 0.2) is 23.1 Å². The molecule has 0 N–H and O–H groups in total. The van der Waals surface area contributed by atoms with Crippen LogP contribution < -0.4 is 5.56 Å². The molecule has 0 spiro atoms. The first-order chi connectivity index (χ1) is 8.29. The van der Waals surface area contributed by atoms with Crippen LogP contribution in [0.4, 0.5) is 0 Å². The summed E-state index contributed by atoms with van der Waals surface area (Å²) in [6.45, 7) is 2.27. The van der Waals surface area contributed by atoms with Gasteiger partial charge in [-0.3, -0.25) is 4.79 Å². The van der Waals surface area contributed by atoms with Crippen LogP contribution in [0.3, 0.4) is 0 Å². The zero-order valence-corrected chi connectivity index (χ0v) is 9.89. The van der Waals surface area contributed by atoms with Gasteiger partial charge in [-0.25, -0.2) is 0 Å². The highest BCUT2D eigenvalue weighted by atomic mass is 16.5. The van der Waals surface area contributed by atoms with Crippen molar-refractivity contribution >= 4 is 0 Å². The first-order valence-electron chi connectivity index (χ1n) is 5.46. The molecule has 0 aromatic carbocycles. The van der Waals surface area contributed by atoms with Crippen molar-refractivity contribution < 1.29 is 9.47 Å². The molecule has 92 valence electrons. The topological polar surface area (TPSA) is 64.2 Å². The predicted molar refractivity (Wildman–Crippen MR) is 62.7 cm³/mol. The Bertz CT molecular complexity index is 434. The minimum atomic E-state index is -0.244. The minimum absolute atomic E-state index is 0.174. The number of nitrogens with zero attached hydrogens (tertiary/aromatic N) is 2. The molecule has 0 aliphatic rings. The lowest BCUT2D eigenvalue weighted by atomic mass is 10.3.